The molecule has 1 fully saturated rings. The number of rotatable bonds is 5. The van der Waals surface area contributed by atoms with Gasteiger partial charge in [0.1, 0.15) is 0 Å². The molecule has 0 radical (unpaired) electrons. The molecule has 2 aromatic carbocycles. The third-order valence-corrected chi connectivity index (χ3v) is 4.34. The highest BCUT2D eigenvalue weighted by atomic mass is 32.1. The minimum Gasteiger partial charge on any atom is -0.462 e. The number of hydrogen-bond donors (Lipinski definition) is 1. The first-order valence-corrected chi connectivity index (χ1v) is 8.67. The summed E-state index contributed by atoms with van der Waals surface area (Å²) in [6, 6.07) is 17.7. The van der Waals surface area contributed by atoms with Crippen molar-refractivity contribution >= 4 is 29.0 Å². The third kappa shape index (κ3) is 4.35. The van der Waals surface area contributed by atoms with Crippen LogP contribution < -0.4 is 10.2 Å². The fourth-order valence-corrected chi connectivity index (χ4v) is 2.96. The Morgan fingerprint density at radius 2 is 1.88 bits per heavy atom. The fourth-order valence-electron chi connectivity index (χ4n) is 2.73. The van der Waals surface area contributed by atoms with E-state index in [0.29, 0.717) is 30.6 Å². The third-order valence-electron chi connectivity index (χ3n) is 3.98. The zero-order valence-corrected chi connectivity index (χ0v) is 15.0. The summed E-state index contributed by atoms with van der Waals surface area (Å²) in [7, 11) is 0. The van der Waals surface area contributed by atoms with Crippen LogP contribution in [-0.2, 0) is 11.3 Å². The van der Waals surface area contributed by atoms with Gasteiger partial charge in [0.2, 0.25) is 0 Å². The van der Waals surface area contributed by atoms with Gasteiger partial charge in [0.05, 0.1) is 25.5 Å². The van der Waals surface area contributed by atoms with Crippen molar-refractivity contribution < 1.29 is 9.53 Å². The van der Waals surface area contributed by atoms with Gasteiger partial charge in [-0.2, -0.15) is 0 Å². The quantitative estimate of drug-likeness (QED) is 0.657. The van der Waals surface area contributed by atoms with Gasteiger partial charge in [0.25, 0.3) is 0 Å². The number of benzene rings is 2. The first kappa shape index (κ1) is 17.4. The lowest BCUT2D eigenvalue weighted by atomic mass is 10.2. The zero-order chi connectivity index (χ0) is 17.6. The van der Waals surface area contributed by atoms with Crippen molar-refractivity contribution in [1.82, 2.24) is 10.2 Å². The Hall–Kier alpha value is -2.44. The smallest absolute Gasteiger partial charge is 0.338 e. The van der Waals surface area contributed by atoms with Gasteiger partial charge in [-0.05, 0) is 49.0 Å². The van der Waals surface area contributed by atoms with Crippen LogP contribution in [0.25, 0.3) is 0 Å². The molecular weight excluding hydrogens is 334 g/mol. The Labute approximate surface area is 153 Å². The average Bonchev–Trinajstić information content (AvgIpc) is 2.64. The highest BCUT2D eigenvalue weighted by Gasteiger charge is 2.22. The van der Waals surface area contributed by atoms with E-state index in [9.17, 15) is 4.79 Å². The minimum absolute atomic E-state index is 0.306. The highest BCUT2D eigenvalue weighted by molar-refractivity contribution is 7.80. The topological polar surface area (TPSA) is 44.8 Å². The molecule has 1 N–H and O–H groups in total. The highest BCUT2D eigenvalue weighted by Crippen LogP contribution is 2.19. The molecule has 1 aliphatic rings. The summed E-state index contributed by atoms with van der Waals surface area (Å²) in [4.78, 5) is 16.1. The Bertz CT molecular complexity index is 734. The molecule has 6 heteroatoms. The van der Waals surface area contributed by atoms with Crippen molar-refractivity contribution in [2.45, 2.75) is 13.5 Å². The van der Waals surface area contributed by atoms with Crippen molar-refractivity contribution in [2.24, 2.45) is 0 Å². The number of ether oxygens (including phenoxy) is 1. The number of anilines is 1. The van der Waals surface area contributed by atoms with Crippen molar-refractivity contribution in [3.05, 3.63) is 65.7 Å². The van der Waals surface area contributed by atoms with Gasteiger partial charge in [0.15, 0.2) is 5.11 Å². The van der Waals surface area contributed by atoms with Gasteiger partial charge in [-0.25, -0.2) is 4.79 Å². The fraction of sp³-hybridized carbons (Fsp3) is 0.263. The summed E-state index contributed by atoms with van der Waals surface area (Å²) in [6.07, 6.45) is 0. The van der Waals surface area contributed by atoms with E-state index in [1.54, 1.807) is 19.1 Å². The van der Waals surface area contributed by atoms with Gasteiger partial charge in [-0.3, -0.25) is 4.90 Å². The van der Waals surface area contributed by atoms with Crippen LogP contribution in [-0.4, -0.2) is 35.9 Å². The number of thiocarbonyl (C=S) groups is 1. The Morgan fingerprint density at radius 3 is 2.56 bits per heavy atom. The van der Waals surface area contributed by atoms with E-state index in [0.717, 1.165) is 12.2 Å². The van der Waals surface area contributed by atoms with Crippen molar-refractivity contribution in [3.63, 3.8) is 0 Å². The lowest BCUT2D eigenvalue weighted by Crippen LogP contribution is -2.55. The van der Waals surface area contributed by atoms with E-state index in [-0.39, 0.29) is 5.97 Å². The summed E-state index contributed by atoms with van der Waals surface area (Å²) in [6.45, 7) is 4.42. The number of hydrogen-bond acceptors (Lipinski definition) is 4. The van der Waals surface area contributed by atoms with E-state index in [1.807, 2.05) is 35.2 Å². The minimum atomic E-state index is -0.306. The second kappa shape index (κ2) is 8.09. The summed E-state index contributed by atoms with van der Waals surface area (Å²) >= 11 is 5.45. The van der Waals surface area contributed by atoms with Gasteiger partial charge in [-0.1, -0.05) is 30.3 Å². The number of nitrogens with zero attached hydrogens (tertiary/aromatic N) is 2. The second-order valence-electron chi connectivity index (χ2n) is 5.79. The zero-order valence-electron chi connectivity index (χ0n) is 14.1. The van der Waals surface area contributed by atoms with E-state index in [4.69, 9.17) is 17.0 Å². The maximum absolute atomic E-state index is 11.8. The van der Waals surface area contributed by atoms with Gasteiger partial charge < -0.3 is 15.0 Å². The number of carbonyl (C=O) groups excluding carboxylic acids is 1. The summed E-state index contributed by atoms with van der Waals surface area (Å²) in [5, 5.41) is 3.94. The van der Waals surface area contributed by atoms with Crippen LogP contribution in [0, 0.1) is 0 Å². The first-order valence-electron chi connectivity index (χ1n) is 8.26. The standard InChI is InChI=1S/C19H21N3O2S/c1-2-24-18(23)16-8-10-17(11-9-16)22-14-21(13-20-19(22)25)12-15-6-4-3-5-7-15/h3-11H,2,12-14H2,1H3,(H,20,25). The Balaban J connectivity index is 1.69. The molecule has 0 saturated carbocycles. The van der Waals surface area contributed by atoms with Crippen molar-refractivity contribution in [2.75, 3.05) is 24.8 Å². The normalized spacial score (nSPS) is 14.9. The molecule has 0 spiro atoms. The van der Waals surface area contributed by atoms with Crippen LogP contribution in [0.4, 0.5) is 5.69 Å². The molecule has 3 rings (SSSR count). The number of nitrogens with one attached hydrogen (secondary N) is 1. The molecule has 25 heavy (non-hydrogen) atoms. The largest absolute Gasteiger partial charge is 0.462 e. The predicted octanol–water partition coefficient (Wildman–Crippen LogP) is 2.98. The number of carbonyl (C=O) groups is 1. The Kier molecular flexibility index (Phi) is 5.63. The van der Waals surface area contributed by atoms with Gasteiger partial charge >= 0.3 is 5.97 Å². The molecule has 0 amide bonds. The molecule has 1 saturated heterocycles. The maximum atomic E-state index is 11.8. The molecule has 0 aliphatic carbocycles. The van der Waals surface area contributed by atoms with E-state index in [1.165, 1.54) is 5.56 Å². The molecule has 0 bridgehead atoms. The van der Waals surface area contributed by atoms with Crippen LogP contribution in [0.5, 0.6) is 0 Å². The monoisotopic (exact) mass is 355 g/mol. The summed E-state index contributed by atoms with van der Waals surface area (Å²) in [5.41, 5.74) is 2.75. The average molecular weight is 355 g/mol. The van der Waals surface area contributed by atoms with Crippen LogP contribution in [0.2, 0.25) is 0 Å². The molecule has 1 aliphatic heterocycles. The van der Waals surface area contributed by atoms with Gasteiger partial charge in [0, 0.05) is 12.2 Å². The second-order valence-corrected chi connectivity index (χ2v) is 6.18. The predicted molar refractivity (Wildman–Crippen MR) is 102 cm³/mol. The Morgan fingerprint density at radius 1 is 1.16 bits per heavy atom. The summed E-state index contributed by atoms with van der Waals surface area (Å²) < 4.78 is 5.02. The van der Waals surface area contributed by atoms with Crippen LogP contribution in [0.3, 0.4) is 0 Å². The van der Waals surface area contributed by atoms with Gasteiger partial charge in [-0.15, -0.1) is 0 Å². The molecular formula is C19H21N3O2S. The lowest BCUT2D eigenvalue weighted by molar-refractivity contribution is 0.0526. The maximum Gasteiger partial charge on any atom is 0.338 e. The summed E-state index contributed by atoms with van der Waals surface area (Å²) in [5.74, 6) is -0.306. The molecule has 0 atom stereocenters. The molecule has 1 heterocycles. The first-order chi connectivity index (χ1) is 12.2. The molecule has 2 aromatic rings. The van der Waals surface area contributed by atoms with Crippen LogP contribution in [0.15, 0.2) is 54.6 Å². The van der Waals surface area contributed by atoms with Crippen molar-refractivity contribution in [1.29, 1.82) is 0 Å². The SMILES string of the molecule is CCOC(=O)c1ccc(N2CN(Cc3ccccc3)CNC2=S)cc1. The van der Waals surface area contributed by atoms with E-state index in [2.05, 4.69) is 22.3 Å². The van der Waals surface area contributed by atoms with Crippen molar-refractivity contribution in [3.8, 4) is 0 Å². The molecule has 0 unspecified atom stereocenters. The molecule has 5 nitrogen and oxygen atoms in total. The molecule has 130 valence electrons. The van der Waals surface area contributed by atoms with E-state index < -0.39 is 0 Å². The lowest BCUT2D eigenvalue weighted by Gasteiger charge is -2.38. The van der Waals surface area contributed by atoms with E-state index >= 15 is 0 Å². The van der Waals surface area contributed by atoms with Crippen LogP contribution >= 0.6 is 12.2 Å². The van der Waals surface area contributed by atoms with Crippen LogP contribution in [0.1, 0.15) is 22.8 Å². The molecule has 0 aromatic heterocycles. The number of esters is 1.